The Morgan fingerprint density at radius 3 is 2.83 bits per heavy atom. The van der Waals surface area contributed by atoms with E-state index in [2.05, 4.69) is 15.4 Å². The highest BCUT2D eigenvalue weighted by Gasteiger charge is 2.16. The Hall–Kier alpha value is -2.74. The Labute approximate surface area is 136 Å². The van der Waals surface area contributed by atoms with Crippen LogP contribution in [0.4, 0.5) is 0 Å². The molecule has 0 amide bonds. The summed E-state index contributed by atoms with van der Waals surface area (Å²) in [6.45, 7) is -0.0259. The minimum atomic E-state index is -0.184. The molecular formula is C15H14N4O3S. The number of benzene rings is 1. The van der Waals surface area contributed by atoms with Gasteiger partial charge in [0.15, 0.2) is 5.78 Å². The summed E-state index contributed by atoms with van der Waals surface area (Å²) in [4.78, 5) is 14.7. The number of thiophene rings is 1. The highest BCUT2D eigenvalue weighted by atomic mass is 32.1. The number of ether oxygens (including phenoxy) is 2. The zero-order valence-electron chi connectivity index (χ0n) is 12.6. The molecule has 0 unspecified atom stereocenters. The third-order valence-corrected chi connectivity index (χ3v) is 4.05. The van der Waals surface area contributed by atoms with Crippen LogP contribution in [0, 0.1) is 0 Å². The van der Waals surface area contributed by atoms with Gasteiger partial charge in [0, 0.05) is 0 Å². The highest BCUT2D eigenvalue weighted by molar-refractivity contribution is 7.13. The van der Waals surface area contributed by atoms with Crippen LogP contribution in [0.15, 0.2) is 35.7 Å². The first-order chi connectivity index (χ1) is 11.2. The molecule has 0 saturated heterocycles. The van der Waals surface area contributed by atoms with Crippen molar-refractivity contribution in [2.24, 2.45) is 0 Å². The first-order valence-corrected chi connectivity index (χ1v) is 7.66. The Balaban J connectivity index is 1.82. The second-order valence-corrected chi connectivity index (χ2v) is 5.56. The van der Waals surface area contributed by atoms with Gasteiger partial charge >= 0.3 is 0 Å². The molecular weight excluding hydrogens is 316 g/mol. The minimum absolute atomic E-state index is 0.0259. The molecule has 2 aromatic heterocycles. The zero-order chi connectivity index (χ0) is 16.2. The van der Waals surface area contributed by atoms with Crippen molar-refractivity contribution in [2.45, 2.75) is 6.54 Å². The predicted molar refractivity (Wildman–Crippen MR) is 85.0 cm³/mol. The number of Topliss-reactive ketones (excluding diaryl/α,β-unsaturated/α-hetero) is 1. The molecule has 118 valence electrons. The molecule has 2 heterocycles. The number of aromatic nitrogens is 4. The van der Waals surface area contributed by atoms with Crippen LogP contribution in [-0.4, -0.2) is 40.2 Å². The molecule has 0 fully saturated rings. The number of hydrogen-bond acceptors (Lipinski definition) is 7. The van der Waals surface area contributed by atoms with Gasteiger partial charge in [0.25, 0.3) is 0 Å². The zero-order valence-corrected chi connectivity index (χ0v) is 13.4. The van der Waals surface area contributed by atoms with Crippen LogP contribution in [0.3, 0.4) is 0 Å². The monoisotopic (exact) mass is 330 g/mol. The molecule has 0 saturated carbocycles. The minimum Gasteiger partial charge on any atom is -0.497 e. The molecule has 0 atom stereocenters. The molecule has 0 aliphatic rings. The number of carbonyl (C=O) groups excluding carboxylic acids is 1. The van der Waals surface area contributed by atoms with Crippen molar-refractivity contribution in [3.8, 4) is 22.2 Å². The van der Waals surface area contributed by atoms with E-state index in [-0.39, 0.29) is 12.3 Å². The normalized spacial score (nSPS) is 10.5. The Bertz CT molecular complexity index is 814. The number of carbonyl (C=O) groups is 1. The van der Waals surface area contributed by atoms with E-state index in [1.54, 1.807) is 25.3 Å². The molecule has 1 aromatic carbocycles. The fourth-order valence-electron chi connectivity index (χ4n) is 2.06. The maximum atomic E-state index is 12.5. The number of rotatable bonds is 6. The smallest absolute Gasteiger partial charge is 0.214 e. The van der Waals surface area contributed by atoms with Crippen LogP contribution in [0.25, 0.3) is 10.7 Å². The van der Waals surface area contributed by atoms with Crippen molar-refractivity contribution in [1.29, 1.82) is 0 Å². The van der Waals surface area contributed by atoms with Gasteiger partial charge < -0.3 is 9.47 Å². The van der Waals surface area contributed by atoms with Gasteiger partial charge in [-0.25, -0.2) is 0 Å². The number of ketones is 1. The van der Waals surface area contributed by atoms with Crippen LogP contribution in [0.1, 0.15) is 10.4 Å². The first-order valence-electron chi connectivity index (χ1n) is 6.78. The maximum Gasteiger partial charge on any atom is 0.214 e. The second-order valence-electron chi connectivity index (χ2n) is 4.61. The number of nitrogens with zero attached hydrogens (tertiary/aromatic N) is 4. The summed E-state index contributed by atoms with van der Waals surface area (Å²) in [5, 5.41) is 14.1. The quantitative estimate of drug-likeness (QED) is 0.645. The van der Waals surface area contributed by atoms with Gasteiger partial charge in [-0.2, -0.15) is 4.80 Å². The maximum absolute atomic E-state index is 12.5. The predicted octanol–water partition coefficient (Wildman–Crippen LogP) is 2.30. The lowest BCUT2D eigenvalue weighted by atomic mass is 10.1. The van der Waals surface area contributed by atoms with E-state index in [9.17, 15) is 4.79 Å². The summed E-state index contributed by atoms with van der Waals surface area (Å²) in [6, 6.07) is 8.88. The average molecular weight is 330 g/mol. The molecule has 0 aliphatic carbocycles. The fraction of sp³-hybridized carbons (Fsp3) is 0.200. The van der Waals surface area contributed by atoms with Crippen LogP contribution in [-0.2, 0) is 6.54 Å². The molecule has 7 nitrogen and oxygen atoms in total. The van der Waals surface area contributed by atoms with Crippen molar-refractivity contribution >= 4 is 17.1 Å². The molecule has 23 heavy (non-hydrogen) atoms. The third-order valence-electron chi connectivity index (χ3n) is 3.19. The second kappa shape index (κ2) is 6.57. The summed E-state index contributed by atoms with van der Waals surface area (Å²) in [6.07, 6.45) is 0. The molecule has 3 rings (SSSR count). The topological polar surface area (TPSA) is 79.1 Å². The average Bonchev–Trinajstić information content (AvgIpc) is 3.25. The Kier molecular flexibility index (Phi) is 4.33. The van der Waals surface area contributed by atoms with Gasteiger partial charge in [0.2, 0.25) is 5.82 Å². The van der Waals surface area contributed by atoms with Crippen LogP contribution in [0.2, 0.25) is 0 Å². The summed E-state index contributed by atoms with van der Waals surface area (Å²) in [5.74, 6) is 1.38. The van der Waals surface area contributed by atoms with E-state index in [0.29, 0.717) is 22.9 Å². The molecule has 0 aliphatic heterocycles. The lowest BCUT2D eigenvalue weighted by Crippen LogP contribution is -2.14. The number of tetrazole rings is 1. The SMILES string of the molecule is COc1ccc(OC)c(C(=O)Cn2nnc(-c3cccs3)n2)c1. The summed E-state index contributed by atoms with van der Waals surface area (Å²) >= 11 is 1.52. The third kappa shape index (κ3) is 3.21. The van der Waals surface area contributed by atoms with Gasteiger partial charge in [0.05, 0.1) is 24.7 Å². The van der Waals surface area contributed by atoms with Gasteiger partial charge in [-0.05, 0) is 34.9 Å². The Morgan fingerprint density at radius 2 is 2.13 bits per heavy atom. The first kappa shape index (κ1) is 15.2. The van der Waals surface area contributed by atoms with Crippen LogP contribution >= 0.6 is 11.3 Å². The van der Waals surface area contributed by atoms with Gasteiger partial charge in [-0.3, -0.25) is 4.79 Å². The molecule has 0 N–H and O–H groups in total. The van der Waals surface area contributed by atoms with Gasteiger partial charge in [-0.15, -0.1) is 21.5 Å². The number of methoxy groups -OCH3 is 2. The Morgan fingerprint density at radius 1 is 1.26 bits per heavy atom. The molecule has 8 heteroatoms. The van der Waals surface area contributed by atoms with Crippen LogP contribution in [0.5, 0.6) is 11.5 Å². The summed E-state index contributed by atoms with van der Waals surface area (Å²) in [5.41, 5.74) is 0.418. The highest BCUT2D eigenvalue weighted by Crippen LogP contribution is 2.25. The van der Waals surface area contributed by atoms with Crippen molar-refractivity contribution in [3.63, 3.8) is 0 Å². The summed E-state index contributed by atoms with van der Waals surface area (Å²) in [7, 11) is 3.06. The van der Waals surface area contributed by atoms with Gasteiger partial charge in [-0.1, -0.05) is 6.07 Å². The lowest BCUT2D eigenvalue weighted by molar-refractivity contribution is 0.0958. The van der Waals surface area contributed by atoms with Crippen molar-refractivity contribution < 1.29 is 14.3 Å². The molecule has 0 spiro atoms. The standard InChI is InChI=1S/C15H14N4O3S/c1-21-10-5-6-13(22-2)11(8-10)12(20)9-19-17-15(16-18-19)14-4-3-7-23-14/h3-8H,9H2,1-2H3. The molecule has 0 radical (unpaired) electrons. The molecule has 3 aromatic rings. The largest absolute Gasteiger partial charge is 0.497 e. The van der Waals surface area contributed by atoms with E-state index in [1.165, 1.54) is 23.2 Å². The van der Waals surface area contributed by atoms with Crippen molar-refractivity contribution in [2.75, 3.05) is 14.2 Å². The van der Waals surface area contributed by atoms with E-state index in [4.69, 9.17) is 9.47 Å². The number of hydrogen-bond donors (Lipinski definition) is 0. The fourth-order valence-corrected chi connectivity index (χ4v) is 2.71. The van der Waals surface area contributed by atoms with Crippen LogP contribution < -0.4 is 9.47 Å². The lowest BCUT2D eigenvalue weighted by Gasteiger charge is -2.09. The van der Waals surface area contributed by atoms with E-state index < -0.39 is 0 Å². The van der Waals surface area contributed by atoms with Crippen molar-refractivity contribution in [1.82, 2.24) is 20.2 Å². The molecule has 0 bridgehead atoms. The van der Waals surface area contributed by atoms with E-state index in [1.807, 2.05) is 17.5 Å². The van der Waals surface area contributed by atoms with Gasteiger partial charge in [0.1, 0.15) is 18.0 Å². The van der Waals surface area contributed by atoms with Crippen molar-refractivity contribution in [3.05, 3.63) is 41.3 Å². The summed E-state index contributed by atoms with van der Waals surface area (Å²) < 4.78 is 10.4. The van der Waals surface area contributed by atoms with E-state index >= 15 is 0 Å². The van der Waals surface area contributed by atoms with E-state index in [0.717, 1.165) is 4.88 Å².